The first kappa shape index (κ1) is 14.9. The number of hydrogen-bond donors (Lipinski definition) is 2. The summed E-state index contributed by atoms with van der Waals surface area (Å²) in [4.78, 5) is 24.8. The van der Waals surface area contributed by atoms with Gasteiger partial charge in [0.2, 0.25) is 5.91 Å². The summed E-state index contributed by atoms with van der Waals surface area (Å²) in [5, 5.41) is 2.68. The number of hydrogen-bond acceptors (Lipinski definition) is 3. The maximum absolute atomic E-state index is 12.9. The van der Waals surface area contributed by atoms with Crippen molar-refractivity contribution in [2.75, 3.05) is 19.3 Å². The SMILES string of the molecule is CC(C)NC(=O)CN(C)C(=O)c1ccc(F)cc1N. The Kier molecular flexibility index (Phi) is 4.86. The average molecular weight is 267 g/mol. The van der Waals surface area contributed by atoms with Crippen LogP contribution in [0.4, 0.5) is 10.1 Å². The number of carbonyl (C=O) groups is 2. The number of nitrogens with two attached hydrogens (primary N) is 1. The van der Waals surface area contributed by atoms with Gasteiger partial charge in [-0.1, -0.05) is 0 Å². The molecular weight excluding hydrogens is 249 g/mol. The van der Waals surface area contributed by atoms with Crippen molar-refractivity contribution in [1.82, 2.24) is 10.2 Å². The lowest BCUT2D eigenvalue weighted by atomic mass is 10.1. The molecular formula is C13H18FN3O2. The fraction of sp³-hybridized carbons (Fsp3) is 0.385. The minimum Gasteiger partial charge on any atom is -0.398 e. The van der Waals surface area contributed by atoms with Crippen molar-refractivity contribution in [3.05, 3.63) is 29.6 Å². The third kappa shape index (κ3) is 4.24. The first-order chi connectivity index (χ1) is 8.81. The van der Waals surface area contributed by atoms with Crippen molar-refractivity contribution in [1.29, 1.82) is 0 Å². The van der Waals surface area contributed by atoms with E-state index in [9.17, 15) is 14.0 Å². The van der Waals surface area contributed by atoms with Crippen LogP contribution in [0.2, 0.25) is 0 Å². The Bertz CT molecular complexity index is 489. The van der Waals surface area contributed by atoms with Crippen LogP contribution in [-0.4, -0.2) is 36.3 Å². The molecule has 0 aliphatic carbocycles. The summed E-state index contributed by atoms with van der Waals surface area (Å²) in [6.45, 7) is 3.59. The molecule has 2 amide bonds. The fourth-order valence-corrected chi connectivity index (χ4v) is 1.59. The number of amides is 2. The fourth-order valence-electron chi connectivity index (χ4n) is 1.59. The minimum absolute atomic E-state index is 0.00638. The molecule has 5 nitrogen and oxygen atoms in total. The van der Waals surface area contributed by atoms with Gasteiger partial charge in [0, 0.05) is 18.8 Å². The van der Waals surface area contributed by atoms with E-state index in [2.05, 4.69) is 5.32 Å². The molecule has 104 valence electrons. The van der Waals surface area contributed by atoms with Crippen LogP contribution in [0.5, 0.6) is 0 Å². The van der Waals surface area contributed by atoms with Crippen LogP contribution in [0.25, 0.3) is 0 Å². The largest absolute Gasteiger partial charge is 0.398 e. The summed E-state index contributed by atoms with van der Waals surface area (Å²) >= 11 is 0. The van der Waals surface area contributed by atoms with Gasteiger partial charge in [-0.3, -0.25) is 9.59 Å². The van der Waals surface area contributed by atoms with Gasteiger partial charge in [0.15, 0.2) is 0 Å². The van der Waals surface area contributed by atoms with Crippen LogP contribution in [0.15, 0.2) is 18.2 Å². The highest BCUT2D eigenvalue weighted by atomic mass is 19.1. The molecule has 0 unspecified atom stereocenters. The van der Waals surface area contributed by atoms with E-state index in [1.165, 1.54) is 18.0 Å². The maximum atomic E-state index is 12.9. The highest BCUT2D eigenvalue weighted by Gasteiger charge is 2.17. The third-order valence-electron chi connectivity index (χ3n) is 2.42. The van der Waals surface area contributed by atoms with E-state index in [-0.39, 0.29) is 29.7 Å². The highest BCUT2D eigenvalue weighted by molar-refractivity contribution is 6.00. The summed E-state index contributed by atoms with van der Waals surface area (Å²) in [6.07, 6.45) is 0. The smallest absolute Gasteiger partial charge is 0.256 e. The van der Waals surface area contributed by atoms with E-state index in [4.69, 9.17) is 5.73 Å². The monoisotopic (exact) mass is 267 g/mol. The van der Waals surface area contributed by atoms with E-state index < -0.39 is 11.7 Å². The number of benzene rings is 1. The Hall–Kier alpha value is -2.11. The summed E-state index contributed by atoms with van der Waals surface area (Å²) in [5.41, 5.74) is 5.82. The van der Waals surface area contributed by atoms with Crippen LogP contribution >= 0.6 is 0 Å². The molecule has 0 saturated carbocycles. The molecule has 1 rings (SSSR count). The Morgan fingerprint density at radius 1 is 1.42 bits per heavy atom. The Morgan fingerprint density at radius 3 is 2.58 bits per heavy atom. The number of nitrogen functional groups attached to an aromatic ring is 1. The van der Waals surface area contributed by atoms with E-state index in [0.717, 1.165) is 12.1 Å². The van der Waals surface area contributed by atoms with Crippen molar-refractivity contribution in [2.45, 2.75) is 19.9 Å². The number of nitrogens with one attached hydrogen (secondary N) is 1. The predicted molar refractivity (Wildman–Crippen MR) is 71.1 cm³/mol. The zero-order valence-corrected chi connectivity index (χ0v) is 11.2. The van der Waals surface area contributed by atoms with Crippen LogP contribution < -0.4 is 11.1 Å². The van der Waals surface area contributed by atoms with Crippen LogP contribution in [0.3, 0.4) is 0 Å². The standard InChI is InChI=1S/C13H18FN3O2/c1-8(2)16-12(18)7-17(3)13(19)10-5-4-9(14)6-11(10)15/h4-6,8H,7,15H2,1-3H3,(H,16,18). The van der Waals surface area contributed by atoms with Crippen molar-refractivity contribution in [3.63, 3.8) is 0 Å². The van der Waals surface area contributed by atoms with Gasteiger partial charge in [0.25, 0.3) is 5.91 Å². The molecule has 3 N–H and O–H groups in total. The van der Waals surface area contributed by atoms with Gasteiger partial charge in [-0.2, -0.15) is 0 Å². The van der Waals surface area contributed by atoms with E-state index in [1.807, 2.05) is 13.8 Å². The number of likely N-dealkylation sites (N-methyl/N-ethyl adjacent to an activating group) is 1. The van der Waals surface area contributed by atoms with Gasteiger partial charge < -0.3 is 16.0 Å². The molecule has 19 heavy (non-hydrogen) atoms. The molecule has 0 aliphatic rings. The second-order valence-electron chi connectivity index (χ2n) is 4.62. The molecule has 1 aromatic carbocycles. The van der Waals surface area contributed by atoms with Crippen LogP contribution in [0, 0.1) is 5.82 Å². The van der Waals surface area contributed by atoms with E-state index in [0.29, 0.717) is 0 Å². The average Bonchev–Trinajstić information content (AvgIpc) is 2.26. The van der Waals surface area contributed by atoms with Gasteiger partial charge in [-0.15, -0.1) is 0 Å². The topological polar surface area (TPSA) is 75.4 Å². The van der Waals surface area contributed by atoms with Crippen molar-refractivity contribution < 1.29 is 14.0 Å². The highest BCUT2D eigenvalue weighted by Crippen LogP contribution is 2.15. The number of halogens is 1. The molecule has 0 saturated heterocycles. The first-order valence-electron chi connectivity index (χ1n) is 5.91. The van der Waals surface area contributed by atoms with Crippen LogP contribution in [-0.2, 0) is 4.79 Å². The quantitative estimate of drug-likeness (QED) is 0.799. The minimum atomic E-state index is -0.505. The summed E-state index contributed by atoms with van der Waals surface area (Å²) in [7, 11) is 1.49. The molecule has 1 aromatic rings. The Morgan fingerprint density at radius 2 is 2.05 bits per heavy atom. The van der Waals surface area contributed by atoms with Crippen molar-refractivity contribution in [3.8, 4) is 0 Å². The molecule has 6 heteroatoms. The molecule has 0 aromatic heterocycles. The Balaban J connectivity index is 2.74. The summed E-state index contributed by atoms with van der Waals surface area (Å²) in [5.74, 6) is -1.18. The third-order valence-corrected chi connectivity index (χ3v) is 2.42. The summed E-state index contributed by atoms with van der Waals surface area (Å²) < 4.78 is 12.9. The van der Waals surface area contributed by atoms with Crippen molar-refractivity contribution >= 4 is 17.5 Å². The molecule has 0 atom stereocenters. The second-order valence-corrected chi connectivity index (χ2v) is 4.62. The second kappa shape index (κ2) is 6.17. The Labute approximate surface area is 111 Å². The number of rotatable bonds is 4. The summed E-state index contributed by atoms with van der Waals surface area (Å²) in [6, 6.07) is 3.55. The first-order valence-corrected chi connectivity index (χ1v) is 5.91. The lowest BCUT2D eigenvalue weighted by Gasteiger charge is -2.18. The predicted octanol–water partition coefficient (Wildman–Crippen LogP) is 1.00. The van der Waals surface area contributed by atoms with Gasteiger partial charge >= 0.3 is 0 Å². The molecule has 0 fully saturated rings. The normalized spacial score (nSPS) is 10.4. The molecule has 0 aliphatic heterocycles. The number of carbonyl (C=O) groups excluding carboxylic acids is 2. The van der Waals surface area contributed by atoms with Gasteiger partial charge in [0.05, 0.1) is 12.1 Å². The number of nitrogens with zero attached hydrogens (tertiary/aromatic N) is 1. The van der Waals surface area contributed by atoms with Gasteiger partial charge in [-0.05, 0) is 32.0 Å². The zero-order chi connectivity index (χ0) is 14.6. The zero-order valence-electron chi connectivity index (χ0n) is 11.2. The van der Waals surface area contributed by atoms with Gasteiger partial charge in [-0.25, -0.2) is 4.39 Å². The van der Waals surface area contributed by atoms with Crippen molar-refractivity contribution in [2.24, 2.45) is 0 Å². The van der Waals surface area contributed by atoms with E-state index in [1.54, 1.807) is 0 Å². The van der Waals surface area contributed by atoms with E-state index >= 15 is 0 Å². The molecule has 0 bridgehead atoms. The molecule has 0 radical (unpaired) electrons. The number of anilines is 1. The lowest BCUT2D eigenvalue weighted by Crippen LogP contribution is -2.41. The molecule has 0 heterocycles. The molecule has 0 spiro atoms. The maximum Gasteiger partial charge on any atom is 0.256 e. The van der Waals surface area contributed by atoms with Gasteiger partial charge in [0.1, 0.15) is 5.82 Å². The lowest BCUT2D eigenvalue weighted by molar-refractivity contribution is -0.122. The van der Waals surface area contributed by atoms with Crippen LogP contribution in [0.1, 0.15) is 24.2 Å².